The second-order valence-electron chi connectivity index (χ2n) is 7.97. The van der Waals surface area contributed by atoms with Crippen LogP contribution in [0.15, 0.2) is 91.0 Å². The standard InChI is InChI=1S/C28H28BrNP/c1-21-27(19-29)22(2)30-23(3)28(21)20-31(24-13-7-4-8-14-24,25-15-9-5-10-16-25)26-17-11-6-12-18-26/h4-18H,19-20H2,1-3H3/q+1. The van der Waals surface area contributed by atoms with Crippen LogP contribution in [0.3, 0.4) is 0 Å². The minimum Gasteiger partial charge on any atom is -0.258 e. The zero-order chi connectivity index (χ0) is 21.8. The Hall–Kier alpha value is -2.28. The van der Waals surface area contributed by atoms with E-state index in [9.17, 15) is 0 Å². The summed E-state index contributed by atoms with van der Waals surface area (Å²) in [7, 11) is -1.93. The van der Waals surface area contributed by atoms with Crippen LogP contribution in [0.4, 0.5) is 0 Å². The summed E-state index contributed by atoms with van der Waals surface area (Å²) in [5, 5.41) is 5.06. The second kappa shape index (κ2) is 9.47. The van der Waals surface area contributed by atoms with E-state index in [0.29, 0.717) is 0 Å². The van der Waals surface area contributed by atoms with Gasteiger partial charge in [0.1, 0.15) is 29.3 Å². The van der Waals surface area contributed by atoms with Crippen molar-refractivity contribution in [3.05, 3.63) is 119 Å². The SMILES string of the molecule is Cc1nc(C)c(C[P+](c2ccccc2)(c2ccccc2)c2ccccc2)c(C)c1CBr. The molecule has 0 unspecified atom stereocenters. The molecule has 0 saturated carbocycles. The number of halogens is 1. The van der Waals surface area contributed by atoms with E-state index in [-0.39, 0.29) is 0 Å². The van der Waals surface area contributed by atoms with Crippen LogP contribution < -0.4 is 15.9 Å². The van der Waals surface area contributed by atoms with Crippen LogP contribution in [0, 0.1) is 20.8 Å². The van der Waals surface area contributed by atoms with E-state index in [4.69, 9.17) is 4.98 Å². The minimum atomic E-state index is -1.93. The van der Waals surface area contributed by atoms with Gasteiger partial charge in [-0.1, -0.05) is 70.5 Å². The Bertz CT molecular complexity index is 1060. The average molecular weight is 489 g/mol. The zero-order valence-electron chi connectivity index (χ0n) is 18.3. The van der Waals surface area contributed by atoms with Crippen molar-refractivity contribution in [3.63, 3.8) is 0 Å². The number of hydrogen-bond donors (Lipinski definition) is 0. The normalized spacial score (nSPS) is 11.5. The fourth-order valence-corrected chi connectivity index (χ4v) is 9.80. The average Bonchev–Trinajstić information content (AvgIpc) is 2.81. The van der Waals surface area contributed by atoms with E-state index in [2.05, 4.69) is 128 Å². The monoisotopic (exact) mass is 488 g/mol. The first-order chi connectivity index (χ1) is 15.1. The molecule has 1 nitrogen and oxygen atoms in total. The third kappa shape index (κ3) is 4.12. The van der Waals surface area contributed by atoms with Crippen LogP contribution in [0.25, 0.3) is 0 Å². The summed E-state index contributed by atoms with van der Waals surface area (Å²) in [6, 6.07) is 33.2. The van der Waals surface area contributed by atoms with Gasteiger partial charge in [-0.3, -0.25) is 4.98 Å². The van der Waals surface area contributed by atoms with Crippen LogP contribution in [-0.4, -0.2) is 4.98 Å². The lowest BCUT2D eigenvalue weighted by atomic mass is 10.0. The highest BCUT2D eigenvalue weighted by molar-refractivity contribution is 9.08. The second-order valence-corrected chi connectivity index (χ2v) is 12.0. The van der Waals surface area contributed by atoms with Crippen molar-refractivity contribution < 1.29 is 0 Å². The summed E-state index contributed by atoms with van der Waals surface area (Å²) < 4.78 is 0. The maximum Gasteiger partial charge on any atom is 0.116 e. The largest absolute Gasteiger partial charge is 0.258 e. The van der Waals surface area contributed by atoms with E-state index in [1.54, 1.807) is 0 Å². The van der Waals surface area contributed by atoms with Crippen LogP contribution >= 0.6 is 23.2 Å². The summed E-state index contributed by atoms with van der Waals surface area (Å²) >= 11 is 3.70. The molecule has 0 atom stereocenters. The van der Waals surface area contributed by atoms with Gasteiger partial charge in [0.15, 0.2) is 0 Å². The van der Waals surface area contributed by atoms with Gasteiger partial charge < -0.3 is 0 Å². The van der Waals surface area contributed by atoms with Gasteiger partial charge in [-0.05, 0) is 68.3 Å². The highest BCUT2D eigenvalue weighted by atomic mass is 79.9. The van der Waals surface area contributed by atoms with E-state index in [1.807, 2.05) is 0 Å². The third-order valence-electron chi connectivity index (χ3n) is 6.23. The Labute approximate surface area is 195 Å². The molecule has 31 heavy (non-hydrogen) atoms. The van der Waals surface area contributed by atoms with E-state index < -0.39 is 7.26 Å². The number of pyridine rings is 1. The van der Waals surface area contributed by atoms with Crippen molar-refractivity contribution in [1.82, 2.24) is 4.98 Å². The van der Waals surface area contributed by atoms with Crippen molar-refractivity contribution in [2.24, 2.45) is 0 Å². The van der Waals surface area contributed by atoms with Crippen molar-refractivity contribution in [2.45, 2.75) is 32.3 Å². The van der Waals surface area contributed by atoms with Crippen LogP contribution in [0.2, 0.25) is 0 Å². The molecule has 0 spiro atoms. The molecule has 0 bridgehead atoms. The Morgan fingerprint density at radius 2 is 1.00 bits per heavy atom. The van der Waals surface area contributed by atoms with Gasteiger partial charge in [-0.15, -0.1) is 0 Å². The van der Waals surface area contributed by atoms with E-state index >= 15 is 0 Å². The molecule has 1 aromatic heterocycles. The van der Waals surface area contributed by atoms with Gasteiger partial charge in [0.2, 0.25) is 0 Å². The molecule has 0 aliphatic rings. The molecule has 4 aromatic rings. The molecule has 1 heterocycles. The highest BCUT2D eigenvalue weighted by Gasteiger charge is 2.46. The van der Waals surface area contributed by atoms with Gasteiger partial charge in [-0.25, -0.2) is 0 Å². The number of alkyl halides is 1. The van der Waals surface area contributed by atoms with Crippen molar-refractivity contribution in [2.75, 3.05) is 0 Å². The highest BCUT2D eigenvalue weighted by Crippen LogP contribution is 2.58. The fourth-order valence-electron chi connectivity index (χ4n) is 4.55. The molecule has 0 radical (unpaired) electrons. The summed E-state index contributed by atoms with van der Waals surface area (Å²) in [5.74, 6) is 0. The smallest absolute Gasteiger partial charge is 0.116 e. The minimum absolute atomic E-state index is 0.832. The summed E-state index contributed by atoms with van der Waals surface area (Å²) in [6.07, 6.45) is 0.968. The first kappa shape index (κ1) is 21.9. The van der Waals surface area contributed by atoms with Gasteiger partial charge in [0.25, 0.3) is 0 Å². The van der Waals surface area contributed by atoms with Crippen molar-refractivity contribution in [3.8, 4) is 0 Å². The Balaban J connectivity index is 2.05. The van der Waals surface area contributed by atoms with E-state index in [1.165, 1.54) is 32.6 Å². The number of aryl methyl sites for hydroxylation is 2. The van der Waals surface area contributed by atoms with Gasteiger partial charge >= 0.3 is 0 Å². The van der Waals surface area contributed by atoms with Crippen molar-refractivity contribution >= 4 is 39.1 Å². The lowest BCUT2D eigenvalue weighted by Gasteiger charge is -2.29. The van der Waals surface area contributed by atoms with Gasteiger partial charge in [0, 0.05) is 22.3 Å². The van der Waals surface area contributed by atoms with Gasteiger partial charge in [0.05, 0.1) is 0 Å². The van der Waals surface area contributed by atoms with Gasteiger partial charge in [-0.2, -0.15) is 0 Å². The number of benzene rings is 3. The quantitative estimate of drug-likeness (QED) is 0.226. The molecule has 0 saturated heterocycles. The molecule has 156 valence electrons. The Morgan fingerprint density at radius 3 is 1.39 bits per heavy atom. The summed E-state index contributed by atoms with van der Waals surface area (Å²) in [4.78, 5) is 4.96. The predicted octanol–water partition coefficient (Wildman–Crippen LogP) is 6.40. The molecule has 0 aliphatic heterocycles. The molecule has 0 amide bonds. The van der Waals surface area contributed by atoms with Crippen LogP contribution in [0.5, 0.6) is 0 Å². The Morgan fingerprint density at radius 1 is 0.613 bits per heavy atom. The lowest BCUT2D eigenvalue weighted by Crippen LogP contribution is -2.33. The van der Waals surface area contributed by atoms with Crippen molar-refractivity contribution in [1.29, 1.82) is 0 Å². The number of nitrogens with zero attached hydrogens (tertiary/aromatic N) is 1. The predicted molar refractivity (Wildman–Crippen MR) is 140 cm³/mol. The Kier molecular flexibility index (Phi) is 6.70. The lowest BCUT2D eigenvalue weighted by molar-refractivity contribution is 1.02. The molecule has 3 aromatic carbocycles. The molecular formula is C28H28BrNP+. The van der Waals surface area contributed by atoms with E-state index in [0.717, 1.165) is 22.9 Å². The maximum absolute atomic E-state index is 4.96. The number of hydrogen-bond acceptors (Lipinski definition) is 1. The molecule has 4 rings (SSSR count). The molecule has 0 N–H and O–H groups in total. The molecular weight excluding hydrogens is 461 g/mol. The first-order valence-electron chi connectivity index (χ1n) is 10.6. The van der Waals surface area contributed by atoms with Crippen LogP contribution in [-0.2, 0) is 11.5 Å². The molecule has 0 aliphatic carbocycles. The summed E-state index contributed by atoms with van der Waals surface area (Å²) in [5.41, 5.74) is 6.33. The number of rotatable bonds is 6. The first-order valence-corrected chi connectivity index (χ1v) is 13.7. The topological polar surface area (TPSA) is 12.9 Å². The van der Waals surface area contributed by atoms with Crippen LogP contribution in [0.1, 0.15) is 28.1 Å². The molecule has 0 fully saturated rings. The summed E-state index contributed by atoms with van der Waals surface area (Å²) in [6.45, 7) is 6.56. The third-order valence-corrected chi connectivity index (χ3v) is 11.1. The fraction of sp³-hybridized carbons (Fsp3) is 0.179. The number of aromatic nitrogens is 1. The zero-order valence-corrected chi connectivity index (χ0v) is 20.8. The molecule has 3 heteroatoms. The maximum atomic E-state index is 4.96.